The molecule has 236 valence electrons. The highest BCUT2D eigenvalue weighted by molar-refractivity contribution is 9.10. The highest BCUT2D eigenvalue weighted by atomic mass is 79.9. The van der Waals surface area contributed by atoms with Gasteiger partial charge in [-0.15, -0.1) is 0 Å². The van der Waals surface area contributed by atoms with E-state index in [1.807, 2.05) is 75.4 Å². The number of ether oxygens (including phenoxy) is 2. The van der Waals surface area contributed by atoms with E-state index in [0.29, 0.717) is 36.8 Å². The Balaban J connectivity index is 1.59. The molecular formula is C33H40BrN3O6S. The minimum absolute atomic E-state index is 0.0403. The second-order valence-electron chi connectivity index (χ2n) is 11.9. The third-order valence-electron chi connectivity index (χ3n) is 6.98. The van der Waals surface area contributed by atoms with E-state index in [0.717, 1.165) is 21.9 Å². The molecule has 1 atom stereocenters. The SMILES string of the molecule is CC(C)(C)NC(=O)C(Cc1ccccc1)N(Cc1cccc(Br)c1)C(=O)CCCN(c1ccc2c(c1)OCCO2)S(C)(=O)=O. The average Bonchev–Trinajstić information content (AvgIpc) is 2.96. The molecule has 1 heterocycles. The fourth-order valence-electron chi connectivity index (χ4n) is 5.03. The molecule has 0 spiro atoms. The zero-order valence-electron chi connectivity index (χ0n) is 25.6. The van der Waals surface area contributed by atoms with Crippen LogP contribution in [0.1, 0.15) is 44.7 Å². The molecule has 44 heavy (non-hydrogen) atoms. The number of anilines is 1. The van der Waals surface area contributed by atoms with Crippen molar-refractivity contribution >= 4 is 43.5 Å². The molecule has 1 N–H and O–H groups in total. The Bertz CT molecular complexity index is 1560. The monoisotopic (exact) mass is 685 g/mol. The van der Waals surface area contributed by atoms with E-state index < -0.39 is 21.6 Å². The first kappa shape index (κ1) is 33.3. The normalized spacial score (nSPS) is 13.6. The van der Waals surface area contributed by atoms with Gasteiger partial charge in [-0.3, -0.25) is 13.9 Å². The van der Waals surface area contributed by atoms with Gasteiger partial charge in [-0.05, 0) is 62.6 Å². The first-order chi connectivity index (χ1) is 20.8. The van der Waals surface area contributed by atoms with E-state index in [-0.39, 0.29) is 37.7 Å². The van der Waals surface area contributed by atoms with Crippen molar-refractivity contribution in [3.63, 3.8) is 0 Å². The maximum absolute atomic E-state index is 14.0. The molecule has 4 rings (SSSR count). The molecule has 3 aromatic carbocycles. The molecule has 0 fully saturated rings. The highest BCUT2D eigenvalue weighted by Gasteiger charge is 2.32. The van der Waals surface area contributed by atoms with Gasteiger partial charge in [0.05, 0.1) is 11.9 Å². The molecule has 11 heteroatoms. The van der Waals surface area contributed by atoms with Gasteiger partial charge < -0.3 is 19.7 Å². The first-order valence-electron chi connectivity index (χ1n) is 14.6. The van der Waals surface area contributed by atoms with Gasteiger partial charge in [0, 0.05) is 42.0 Å². The lowest BCUT2D eigenvalue weighted by atomic mass is 10.00. The summed E-state index contributed by atoms with van der Waals surface area (Å²) in [6.45, 7) is 6.82. The molecule has 9 nitrogen and oxygen atoms in total. The number of nitrogens with zero attached hydrogens (tertiary/aromatic N) is 2. The number of fused-ring (bicyclic) bond motifs is 1. The lowest BCUT2D eigenvalue weighted by Gasteiger charge is -2.34. The largest absolute Gasteiger partial charge is 0.486 e. The molecule has 1 aliphatic heterocycles. The van der Waals surface area contributed by atoms with E-state index in [2.05, 4.69) is 21.2 Å². The van der Waals surface area contributed by atoms with Crippen LogP contribution in [0.3, 0.4) is 0 Å². The fraction of sp³-hybridized carbons (Fsp3) is 0.394. The fourth-order valence-corrected chi connectivity index (χ4v) is 6.43. The van der Waals surface area contributed by atoms with Crippen LogP contribution in [0.4, 0.5) is 5.69 Å². The zero-order valence-corrected chi connectivity index (χ0v) is 28.0. The van der Waals surface area contributed by atoms with Crippen molar-refractivity contribution in [3.05, 3.63) is 88.4 Å². The Labute approximate surface area is 268 Å². The summed E-state index contributed by atoms with van der Waals surface area (Å²) in [6.07, 6.45) is 1.75. The van der Waals surface area contributed by atoms with Gasteiger partial charge in [-0.1, -0.05) is 58.4 Å². The van der Waals surface area contributed by atoms with Crippen LogP contribution >= 0.6 is 15.9 Å². The number of rotatable bonds is 12. The molecule has 2 amide bonds. The maximum Gasteiger partial charge on any atom is 0.243 e. The second kappa shape index (κ2) is 14.5. The van der Waals surface area contributed by atoms with Crippen molar-refractivity contribution in [1.29, 1.82) is 0 Å². The Kier molecular flexibility index (Phi) is 11.0. The van der Waals surface area contributed by atoms with Crippen LogP contribution in [0, 0.1) is 0 Å². The van der Waals surface area contributed by atoms with Crippen LogP contribution in [0.5, 0.6) is 11.5 Å². The van der Waals surface area contributed by atoms with Crippen molar-refractivity contribution < 1.29 is 27.5 Å². The number of hydrogen-bond donors (Lipinski definition) is 1. The number of sulfonamides is 1. The number of carbonyl (C=O) groups excluding carboxylic acids is 2. The van der Waals surface area contributed by atoms with Gasteiger partial charge in [0.25, 0.3) is 0 Å². The predicted molar refractivity (Wildman–Crippen MR) is 175 cm³/mol. The van der Waals surface area contributed by atoms with E-state index in [4.69, 9.17) is 9.47 Å². The molecule has 0 saturated heterocycles. The lowest BCUT2D eigenvalue weighted by Crippen LogP contribution is -2.54. The smallest absolute Gasteiger partial charge is 0.243 e. The van der Waals surface area contributed by atoms with Gasteiger partial charge in [-0.2, -0.15) is 0 Å². The van der Waals surface area contributed by atoms with Crippen molar-refractivity contribution in [2.45, 2.75) is 58.2 Å². The van der Waals surface area contributed by atoms with Crippen LogP contribution in [0.2, 0.25) is 0 Å². The summed E-state index contributed by atoms with van der Waals surface area (Å²) in [5.74, 6) is 0.543. The van der Waals surface area contributed by atoms with E-state index in [1.54, 1.807) is 23.1 Å². The second-order valence-corrected chi connectivity index (χ2v) is 14.7. The van der Waals surface area contributed by atoms with E-state index >= 15 is 0 Å². The van der Waals surface area contributed by atoms with Crippen molar-refractivity contribution in [3.8, 4) is 11.5 Å². The Morgan fingerprint density at radius 2 is 1.61 bits per heavy atom. The molecule has 0 aliphatic carbocycles. The number of benzene rings is 3. The summed E-state index contributed by atoms with van der Waals surface area (Å²) in [5, 5.41) is 3.06. The molecule has 3 aromatic rings. The third kappa shape index (κ3) is 9.46. The van der Waals surface area contributed by atoms with Gasteiger partial charge in [0.1, 0.15) is 19.3 Å². The van der Waals surface area contributed by atoms with Crippen LogP contribution in [-0.4, -0.2) is 62.7 Å². The quantitative estimate of drug-likeness (QED) is 0.277. The summed E-state index contributed by atoms with van der Waals surface area (Å²) in [6, 6.07) is 21.5. The van der Waals surface area contributed by atoms with Gasteiger partial charge in [0.2, 0.25) is 21.8 Å². The van der Waals surface area contributed by atoms with E-state index in [9.17, 15) is 18.0 Å². The average molecular weight is 687 g/mol. The summed E-state index contributed by atoms with van der Waals surface area (Å²) in [4.78, 5) is 29.4. The number of carbonyl (C=O) groups is 2. The number of halogens is 1. The van der Waals surface area contributed by atoms with Crippen molar-refractivity contribution in [1.82, 2.24) is 10.2 Å². The summed E-state index contributed by atoms with van der Waals surface area (Å²) < 4.78 is 39.0. The highest BCUT2D eigenvalue weighted by Crippen LogP contribution is 2.35. The standard InChI is InChI=1S/C33H40BrN3O6S/c1-33(2,3)35-32(39)28(21-24-10-6-5-7-11-24)36(23-25-12-8-13-26(34)20-25)31(38)14-9-17-37(44(4,40)41)27-15-16-29-30(22-27)43-19-18-42-29/h5-8,10-13,15-16,20,22,28H,9,14,17-19,21,23H2,1-4H3,(H,35,39). The first-order valence-corrected chi connectivity index (χ1v) is 17.2. The number of nitrogens with one attached hydrogen (secondary N) is 1. The summed E-state index contributed by atoms with van der Waals surface area (Å²) in [5.41, 5.74) is 1.72. The van der Waals surface area contributed by atoms with Gasteiger partial charge >= 0.3 is 0 Å². The topological polar surface area (TPSA) is 105 Å². The molecule has 0 bridgehead atoms. The Morgan fingerprint density at radius 1 is 0.932 bits per heavy atom. The van der Waals surface area contributed by atoms with Crippen molar-refractivity contribution in [2.75, 3.05) is 30.3 Å². The molecule has 0 saturated carbocycles. The number of amides is 2. The van der Waals surface area contributed by atoms with Gasteiger partial charge in [0.15, 0.2) is 11.5 Å². The molecule has 0 aromatic heterocycles. The van der Waals surface area contributed by atoms with Crippen LogP contribution in [0.25, 0.3) is 0 Å². The maximum atomic E-state index is 14.0. The van der Waals surface area contributed by atoms with Crippen LogP contribution < -0.4 is 19.1 Å². The van der Waals surface area contributed by atoms with Crippen LogP contribution in [-0.2, 0) is 32.6 Å². The minimum atomic E-state index is -3.66. The van der Waals surface area contributed by atoms with Crippen LogP contribution in [0.15, 0.2) is 77.3 Å². The lowest BCUT2D eigenvalue weighted by molar-refractivity contribution is -0.142. The zero-order chi connectivity index (χ0) is 31.9. The Hall–Kier alpha value is -3.57. The third-order valence-corrected chi connectivity index (χ3v) is 8.66. The van der Waals surface area contributed by atoms with Gasteiger partial charge in [-0.25, -0.2) is 8.42 Å². The molecule has 1 unspecified atom stereocenters. The predicted octanol–water partition coefficient (Wildman–Crippen LogP) is 5.32. The minimum Gasteiger partial charge on any atom is -0.486 e. The molecule has 1 aliphatic rings. The number of hydrogen-bond acceptors (Lipinski definition) is 6. The molecular weight excluding hydrogens is 646 g/mol. The van der Waals surface area contributed by atoms with Crippen molar-refractivity contribution in [2.24, 2.45) is 0 Å². The summed E-state index contributed by atoms with van der Waals surface area (Å²) >= 11 is 3.51. The molecule has 0 radical (unpaired) electrons. The Morgan fingerprint density at radius 3 is 2.27 bits per heavy atom. The summed E-state index contributed by atoms with van der Waals surface area (Å²) in [7, 11) is -3.66. The van der Waals surface area contributed by atoms with E-state index in [1.165, 1.54) is 4.31 Å².